The predicted octanol–water partition coefficient (Wildman–Crippen LogP) is 2.16. The molecule has 1 amide bonds. The number of carbonyl (C=O) groups excluding carboxylic acids is 2. The third kappa shape index (κ3) is 4.70. The van der Waals surface area contributed by atoms with Crippen LogP contribution in [0.25, 0.3) is 0 Å². The summed E-state index contributed by atoms with van der Waals surface area (Å²) in [5, 5.41) is 1.93. The van der Waals surface area contributed by atoms with Crippen molar-refractivity contribution in [3.8, 4) is 5.75 Å². The SMILES string of the molecule is O=Cc1ccc(OCC(=O)N(Cc2cccs2)C2CCS(=O)(=O)C2)cc1. The maximum atomic E-state index is 12.7. The molecule has 1 saturated heterocycles. The maximum Gasteiger partial charge on any atom is 0.261 e. The number of rotatable bonds is 7. The number of carbonyl (C=O) groups is 2. The molecule has 0 bridgehead atoms. The van der Waals surface area contributed by atoms with Gasteiger partial charge in [-0.2, -0.15) is 0 Å². The molecule has 0 radical (unpaired) electrons. The van der Waals surface area contributed by atoms with Crippen LogP contribution in [-0.2, 0) is 21.2 Å². The lowest BCUT2D eigenvalue weighted by Gasteiger charge is -2.28. The van der Waals surface area contributed by atoms with E-state index in [2.05, 4.69) is 0 Å². The molecule has 3 rings (SSSR count). The number of hydrogen-bond acceptors (Lipinski definition) is 6. The second kappa shape index (κ2) is 8.01. The molecule has 0 saturated carbocycles. The largest absolute Gasteiger partial charge is 0.484 e. The lowest BCUT2D eigenvalue weighted by atomic mass is 10.2. The Morgan fingerprint density at radius 3 is 2.62 bits per heavy atom. The van der Waals surface area contributed by atoms with Crippen LogP contribution in [0.2, 0.25) is 0 Å². The fourth-order valence-corrected chi connectivity index (χ4v) is 5.32. The molecular formula is C18H19NO5S2. The van der Waals surface area contributed by atoms with Crippen LogP contribution in [0.3, 0.4) is 0 Å². The molecule has 1 aliphatic rings. The second-order valence-corrected chi connectivity index (χ2v) is 9.39. The van der Waals surface area contributed by atoms with Crippen molar-refractivity contribution in [3.05, 3.63) is 52.2 Å². The molecule has 1 unspecified atom stereocenters. The lowest BCUT2D eigenvalue weighted by Crippen LogP contribution is -2.42. The molecule has 1 fully saturated rings. The predicted molar refractivity (Wildman–Crippen MR) is 99.3 cm³/mol. The van der Waals surface area contributed by atoms with Gasteiger partial charge in [-0.25, -0.2) is 8.42 Å². The third-order valence-corrected chi connectivity index (χ3v) is 6.87. The first-order chi connectivity index (χ1) is 12.5. The van der Waals surface area contributed by atoms with E-state index >= 15 is 0 Å². The van der Waals surface area contributed by atoms with Gasteiger partial charge < -0.3 is 9.64 Å². The summed E-state index contributed by atoms with van der Waals surface area (Å²) in [6.07, 6.45) is 1.19. The van der Waals surface area contributed by atoms with Crippen molar-refractivity contribution in [2.45, 2.75) is 19.0 Å². The molecular weight excluding hydrogens is 374 g/mol. The molecule has 1 aromatic carbocycles. The Bertz CT molecular complexity index is 859. The number of ether oxygens (including phenoxy) is 1. The van der Waals surface area contributed by atoms with E-state index in [-0.39, 0.29) is 30.1 Å². The number of thiophene rings is 1. The van der Waals surface area contributed by atoms with Crippen LogP contribution in [0, 0.1) is 0 Å². The maximum absolute atomic E-state index is 12.7. The Balaban J connectivity index is 1.68. The zero-order valence-electron chi connectivity index (χ0n) is 14.0. The molecule has 1 atom stereocenters. The summed E-state index contributed by atoms with van der Waals surface area (Å²) in [6.45, 7) is 0.201. The zero-order valence-corrected chi connectivity index (χ0v) is 15.7. The van der Waals surface area contributed by atoms with Gasteiger partial charge in [0, 0.05) is 16.5 Å². The highest BCUT2D eigenvalue weighted by Gasteiger charge is 2.34. The van der Waals surface area contributed by atoms with E-state index < -0.39 is 9.84 Å². The van der Waals surface area contributed by atoms with E-state index in [0.717, 1.165) is 11.2 Å². The normalized spacial score (nSPS) is 18.4. The number of amides is 1. The number of hydrogen-bond donors (Lipinski definition) is 0. The molecule has 6 nitrogen and oxygen atoms in total. The molecule has 0 spiro atoms. The van der Waals surface area contributed by atoms with Gasteiger partial charge in [0.25, 0.3) is 5.91 Å². The third-order valence-electron chi connectivity index (χ3n) is 4.25. The Labute approximate surface area is 156 Å². The van der Waals surface area contributed by atoms with Gasteiger partial charge in [-0.1, -0.05) is 6.07 Å². The van der Waals surface area contributed by atoms with Crippen LogP contribution < -0.4 is 4.74 Å². The number of aldehydes is 1. The fourth-order valence-electron chi connectivity index (χ4n) is 2.88. The van der Waals surface area contributed by atoms with Gasteiger partial charge >= 0.3 is 0 Å². The van der Waals surface area contributed by atoms with Crippen molar-refractivity contribution in [1.29, 1.82) is 0 Å². The van der Waals surface area contributed by atoms with Gasteiger partial charge in [0.15, 0.2) is 16.4 Å². The lowest BCUT2D eigenvalue weighted by molar-refractivity contribution is -0.135. The quantitative estimate of drug-likeness (QED) is 0.674. The van der Waals surface area contributed by atoms with Crippen LogP contribution in [-0.4, -0.2) is 49.7 Å². The minimum Gasteiger partial charge on any atom is -0.484 e. The summed E-state index contributed by atoms with van der Waals surface area (Å²) in [5.74, 6) is 0.344. The molecule has 138 valence electrons. The molecule has 0 N–H and O–H groups in total. The van der Waals surface area contributed by atoms with Crippen LogP contribution in [0.15, 0.2) is 41.8 Å². The highest BCUT2D eigenvalue weighted by atomic mass is 32.2. The molecule has 8 heteroatoms. The van der Waals surface area contributed by atoms with Gasteiger partial charge in [-0.05, 0) is 42.1 Å². The zero-order chi connectivity index (χ0) is 18.6. The molecule has 2 aromatic rings. The van der Waals surface area contributed by atoms with Crippen LogP contribution in [0.4, 0.5) is 0 Å². The Kier molecular flexibility index (Phi) is 5.73. The molecule has 1 aromatic heterocycles. The van der Waals surface area contributed by atoms with Gasteiger partial charge in [0.1, 0.15) is 12.0 Å². The summed E-state index contributed by atoms with van der Waals surface area (Å²) in [4.78, 5) is 26.0. The van der Waals surface area contributed by atoms with E-state index in [1.165, 1.54) is 11.3 Å². The summed E-state index contributed by atoms with van der Waals surface area (Å²) >= 11 is 1.53. The molecule has 26 heavy (non-hydrogen) atoms. The molecule has 0 aliphatic carbocycles. The monoisotopic (exact) mass is 393 g/mol. The standard InChI is InChI=1S/C18H19NO5S2/c20-11-14-3-5-16(6-4-14)24-12-18(21)19(10-17-2-1-8-25-17)15-7-9-26(22,23)13-15/h1-6,8,11,15H,7,9-10,12-13H2. The first kappa shape index (κ1) is 18.6. The summed E-state index contributed by atoms with van der Waals surface area (Å²) in [7, 11) is -3.09. The first-order valence-corrected chi connectivity index (χ1v) is 10.9. The Morgan fingerprint density at radius 1 is 1.27 bits per heavy atom. The van der Waals surface area contributed by atoms with E-state index in [0.29, 0.717) is 24.3 Å². The highest BCUT2D eigenvalue weighted by molar-refractivity contribution is 7.91. The highest BCUT2D eigenvalue weighted by Crippen LogP contribution is 2.22. The van der Waals surface area contributed by atoms with E-state index in [9.17, 15) is 18.0 Å². The van der Waals surface area contributed by atoms with Crippen LogP contribution in [0.1, 0.15) is 21.7 Å². The Hall–Kier alpha value is -2.19. The van der Waals surface area contributed by atoms with Crippen molar-refractivity contribution in [1.82, 2.24) is 4.90 Å². The van der Waals surface area contributed by atoms with Crippen LogP contribution >= 0.6 is 11.3 Å². The average molecular weight is 393 g/mol. The van der Waals surface area contributed by atoms with Crippen LogP contribution in [0.5, 0.6) is 5.75 Å². The fraction of sp³-hybridized carbons (Fsp3) is 0.333. The van der Waals surface area contributed by atoms with Gasteiger partial charge in [0.2, 0.25) is 0 Å². The second-order valence-electron chi connectivity index (χ2n) is 6.13. The van der Waals surface area contributed by atoms with Crippen molar-refractivity contribution in [3.63, 3.8) is 0 Å². The topological polar surface area (TPSA) is 80.8 Å². The summed E-state index contributed by atoms with van der Waals surface area (Å²) < 4.78 is 29.2. The van der Waals surface area contributed by atoms with Crippen molar-refractivity contribution >= 4 is 33.4 Å². The van der Waals surface area contributed by atoms with E-state index in [4.69, 9.17) is 4.74 Å². The van der Waals surface area contributed by atoms with E-state index in [1.54, 1.807) is 29.2 Å². The molecule has 2 heterocycles. The minimum absolute atomic E-state index is 0.00184. The van der Waals surface area contributed by atoms with E-state index in [1.807, 2.05) is 17.5 Å². The number of benzene rings is 1. The van der Waals surface area contributed by atoms with Crippen molar-refractivity contribution in [2.75, 3.05) is 18.1 Å². The average Bonchev–Trinajstić information content (AvgIpc) is 3.27. The van der Waals surface area contributed by atoms with Gasteiger partial charge in [-0.15, -0.1) is 11.3 Å². The first-order valence-electron chi connectivity index (χ1n) is 8.17. The van der Waals surface area contributed by atoms with Crippen molar-refractivity contribution in [2.24, 2.45) is 0 Å². The smallest absolute Gasteiger partial charge is 0.261 e. The minimum atomic E-state index is -3.09. The summed E-state index contributed by atoms with van der Waals surface area (Å²) in [6, 6.07) is 9.98. The molecule has 1 aliphatic heterocycles. The van der Waals surface area contributed by atoms with Gasteiger partial charge in [0.05, 0.1) is 18.1 Å². The van der Waals surface area contributed by atoms with Crippen molar-refractivity contribution < 1.29 is 22.7 Å². The summed E-state index contributed by atoms with van der Waals surface area (Å²) in [5.41, 5.74) is 0.527. The number of nitrogens with zero attached hydrogens (tertiary/aromatic N) is 1. The number of sulfone groups is 1. The Morgan fingerprint density at radius 2 is 2.04 bits per heavy atom. The van der Waals surface area contributed by atoms with Gasteiger partial charge in [-0.3, -0.25) is 9.59 Å².